The number of hydrogen-bond acceptors (Lipinski definition) is 5. The van der Waals surface area contributed by atoms with Crippen LogP contribution in [0.3, 0.4) is 0 Å². The minimum absolute atomic E-state index is 0.00952. The molecule has 1 fully saturated rings. The van der Waals surface area contributed by atoms with Crippen molar-refractivity contribution in [2.45, 2.75) is 45.1 Å². The van der Waals surface area contributed by atoms with Crippen LogP contribution in [0, 0.1) is 12.3 Å². The van der Waals surface area contributed by atoms with Crippen molar-refractivity contribution < 1.29 is 9.84 Å². The molecule has 1 aliphatic heterocycles. The molecule has 1 aromatic rings. The van der Waals surface area contributed by atoms with E-state index in [9.17, 15) is 5.11 Å². The summed E-state index contributed by atoms with van der Waals surface area (Å²) in [7, 11) is 0. The van der Waals surface area contributed by atoms with Gasteiger partial charge in [-0.2, -0.15) is 0 Å². The smallest absolute Gasteiger partial charge is 0.0900 e. The van der Waals surface area contributed by atoms with Crippen molar-refractivity contribution in [2.75, 3.05) is 26.4 Å². The summed E-state index contributed by atoms with van der Waals surface area (Å²) >= 11 is 1.83. The molecule has 112 valence electrons. The van der Waals surface area contributed by atoms with Gasteiger partial charge in [0.15, 0.2) is 0 Å². The maximum Gasteiger partial charge on any atom is 0.0900 e. The molecule has 0 amide bonds. The van der Waals surface area contributed by atoms with E-state index < -0.39 is 0 Å². The topological polar surface area (TPSA) is 54.4 Å². The van der Waals surface area contributed by atoms with Crippen LogP contribution in [-0.2, 0) is 11.2 Å². The fraction of sp³-hybridized carbons (Fsp3) is 0.800. The number of nitrogens with zero attached hydrogens (tertiary/aromatic N) is 1. The van der Waals surface area contributed by atoms with Crippen LogP contribution < -0.4 is 5.32 Å². The normalized spacial score (nSPS) is 25.4. The first-order chi connectivity index (χ1) is 9.72. The molecule has 4 nitrogen and oxygen atoms in total. The lowest BCUT2D eigenvalue weighted by Crippen LogP contribution is -2.43. The van der Waals surface area contributed by atoms with E-state index in [0.717, 1.165) is 39.0 Å². The van der Waals surface area contributed by atoms with E-state index in [1.165, 1.54) is 28.4 Å². The van der Waals surface area contributed by atoms with E-state index in [-0.39, 0.29) is 12.0 Å². The number of fused-ring (bicyclic) bond motifs is 1. The molecule has 0 bridgehead atoms. The zero-order chi connectivity index (χ0) is 14.0. The average molecular weight is 296 g/mol. The van der Waals surface area contributed by atoms with Crippen molar-refractivity contribution in [3.63, 3.8) is 0 Å². The Balaban J connectivity index is 1.66. The fourth-order valence-corrected chi connectivity index (χ4v) is 4.35. The van der Waals surface area contributed by atoms with Gasteiger partial charge in [-0.05, 0) is 39.0 Å². The second kappa shape index (κ2) is 6.10. The molecule has 0 spiro atoms. The zero-order valence-electron chi connectivity index (χ0n) is 12.2. The summed E-state index contributed by atoms with van der Waals surface area (Å²) in [6.45, 7) is 4.78. The maximum atomic E-state index is 9.77. The molecule has 0 radical (unpaired) electrons. The Morgan fingerprint density at radius 1 is 1.45 bits per heavy atom. The van der Waals surface area contributed by atoms with Crippen LogP contribution in [0.25, 0.3) is 0 Å². The van der Waals surface area contributed by atoms with Crippen molar-refractivity contribution in [1.82, 2.24) is 10.3 Å². The average Bonchev–Trinajstić information content (AvgIpc) is 2.87. The Kier molecular flexibility index (Phi) is 4.40. The van der Waals surface area contributed by atoms with Crippen LogP contribution in [0.4, 0.5) is 0 Å². The molecule has 2 heterocycles. The number of rotatable bonds is 4. The molecule has 2 N–H and O–H groups in total. The first kappa shape index (κ1) is 14.4. The molecule has 2 aliphatic rings. The van der Waals surface area contributed by atoms with E-state index in [4.69, 9.17) is 4.74 Å². The van der Waals surface area contributed by atoms with Crippen LogP contribution >= 0.6 is 11.3 Å². The SMILES string of the molecule is Cc1nc2c(s1)C(NCC1(CO)CCOCC1)CCC2. The number of aromatic nitrogens is 1. The van der Waals surface area contributed by atoms with Gasteiger partial charge in [-0.25, -0.2) is 4.98 Å². The number of hydrogen-bond donors (Lipinski definition) is 2. The Hall–Kier alpha value is -0.490. The van der Waals surface area contributed by atoms with Gasteiger partial charge >= 0.3 is 0 Å². The summed E-state index contributed by atoms with van der Waals surface area (Å²) in [5, 5.41) is 14.6. The highest BCUT2D eigenvalue weighted by Gasteiger charge is 2.33. The minimum atomic E-state index is 0.00952. The Labute approximate surface area is 124 Å². The molecule has 1 unspecified atom stereocenters. The molecule has 0 aromatic carbocycles. The third-order valence-corrected chi connectivity index (χ3v) is 5.80. The number of nitrogens with one attached hydrogen (secondary N) is 1. The molecular weight excluding hydrogens is 272 g/mol. The summed E-state index contributed by atoms with van der Waals surface area (Å²) in [5.41, 5.74) is 1.30. The second-order valence-electron chi connectivity index (χ2n) is 6.14. The highest BCUT2D eigenvalue weighted by atomic mass is 32.1. The summed E-state index contributed by atoms with van der Waals surface area (Å²) in [4.78, 5) is 6.07. The van der Waals surface area contributed by atoms with E-state index in [2.05, 4.69) is 17.2 Å². The van der Waals surface area contributed by atoms with Gasteiger partial charge in [-0.15, -0.1) is 11.3 Å². The first-order valence-corrected chi connectivity index (χ1v) is 8.42. The van der Waals surface area contributed by atoms with Gasteiger partial charge in [-0.1, -0.05) is 0 Å². The third kappa shape index (κ3) is 2.91. The van der Waals surface area contributed by atoms with Crippen molar-refractivity contribution in [3.8, 4) is 0 Å². The molecule has 1 saturated heterocycles. The molecule has 1 aliphatic carbocycles. The van der Waals surface area contributed by atoms with E-state index in [1.807, 2.05) is 11.3 Å². The van der Waals surface area contributed by atoms with Gasteiger partial charge in [0.05, 0.1) is 17.3 Å². The van der Waals surface area contributed by atoms with Gasteiger partial charge < -0.3 is 15.2 Å². The van der Waals surface area contributed by atoms with Crippen LogP contribution in [-0.4, -0.2) is 36.5 Å². The molecule has 1 aromatic heterocycles. The van der Waals surface area contributed by atoms with Crippen LogP contribution in [0.15, 0.2) is 0 Å². The lowest BCUT2D eigenvalue weighted by atomic mass is 9.80. The fourth-order valence-electron chi connectivity index (χ4n) is 3.27. The van der Waals surface area contributed by atoms with Crippen molar-refractivity contribution in [2.24, 2.45) is 5.41 Å². The van der Waals surface area contributed by atoms with Crippen LogP contribution in [0.5, 0.6) is 0 Å². The van der Waals surface area contributed by atoms with Crippen LogP contribution in [0.2, 0.25) is 0 Å². The van der Waals surface area contributed by atoms with Gasteiger partial charge in [0.2, 0.25) is 0 Å². The zero-order valence-corrected chi connectivity index (χ0v) is 13.0. The summed E-state index contributed by atoms with van der Waals surface area (Å²) in [6, 6.07) is 0.427. The van der Waals surface area contributed by atoms with Crippen LogP contribution in [0.1, 0.15) is 47.3 Å². The lowest BCUT2D eigenvalue weighted by molar-refractivity contribution is -0.0167. The molecule has 20 heavy (non-hydrogen) atoms. The van der Waals surface area contributed by atoms with Gasteiger partial charge in [0.25, 0.3) is 0 Å². The number of ether oxygens (including phenoxy) is 1. The highest BCUT2D eigenvalue weighted by Crippen LogP contribution is 2.36. The monoisotopic (exact) mass is 296 g/mol. The number of aliphatic hydroxyl groups excluding tert-OH is 1. The van der Waals surface area contributed by atoms with Gasteiger partial charge in [0.1, 0.15) is 0 Å². The number of aliphatic hydroxyl groups is 1. The highest BCUT2D eigenvalue weighted by molar-refractivity contribution is 7.11. The predicted octanol–water partition coefficient (Wildman–Crippen LogP) is 2.21. The van der Waals surface area contributed by atoms with Gasteiger partial charge in [-0.3, -0.25) is 0 Å². The van der Waals surface area contributed by atoms with E-state index >= 15 is 0 Å². The third-order valence-electron chi connectivity index (χ3n) is 4.67. The van der Waals surface area contributed by atoms with Crippen molar-refractivity contribution in [1.29, 1.82) is 0 Å². The Bertz CT molecular complexity index is 455. The summed E-state index contributed by atoms with van der Waals surface area (Å²) in [5.74, 6) is 0. The predicted molar refractivity (Wildman–Crippen MR) is 80.1 cm³/mol. The first-order valence-electron chi connectivity index (χ1n) is 7.61. The summed E-state index contributed by atoms with van der Waals surface area (Å²) < 4.78 is 5.43. The second-order valence-corrected chi connectivity index (χ2v) is 7.37. The summed E-state index contributed by atoms with van der Waals surface area (Å²) in [6.07, 6.45) is 5.43. The van der Waals surface area contributed by atoms with Crippen molar-refractivity contribution in [3.05, 3.63) is 15.6 Å². The van der Waals surface area contributed by atoms with E-state index in [1.54, 1.807) is 0 Å². The quantitative estimate of drug-likeness (QED) is 0.894. The molecule has 0 saturated carbocycles. The van der Waals surface area contributed by atoms with E-state index in [0.29, 0.717) is 6.04 Å². The largest absolute Gasteiger partial charge is 0.396 e. The molecule has 5 heteroatoms. The maximum absolute atomic E-state index is 9.77. The molecule has 3 rings (SSSR count). The Morgan fingerprint density at radius 3 is 3.00 bits per heavy atom. The molecular formula is C15H24N2O2S. The molecule has 1 atom stereocenters. The van der Waals surface area contributed by atoms with Crippen molar-refractivity contribution >= 4 is 11.3 Å². The number of aryl methyl sites for hydroxylation is 2. The minimum Gasteiger partial charge on any atom is -0.396 e. The van der Waals surface area contributed by atoms with Gasteiger partial charge in [0, 0.05) is 36.1 Å². The lowest BCUT2D eigenvalue weighted by Gasteiger charge is -2.37. The number of thiazole rings is 1. The Morgan fingerprint density at radius 2 is 2.25 bits per heavy atom. The standard InChI is InChI=1S/C15H24N2O2S/c1-11-17-13-4-2-3-12(14(13)20-11)16-9-15(10-18)5-7-19-8-6-15/h12,16,18H,2-10H2,1H3.